The van der Waals surface area contributed by atoms with Crippen molar-refractivity contribution in [1.82, 2.24) is 19.9 Å². The van der Waals surface area contributed by atoms with E-state index in [9.17, 15) is 5.11 Å². The molecule has 0 aromatic carbocycles. The zero-order valence-corrected chi connectivity index (χ0v) is 12.9. The number of aromatic nitrogens is 3. The van der Waals surface area contributed by atoms with Gasteiger partial charge in [-0.3, -0.25) is 4.40 Å². The second-order valence-corrected chi connectivity index (χ2v) is 6.22. The van der Waals surface area contributed by atoms with Crippen molar-refractivity contribution in [3.05, 3.63) is 24.4 Å². The number of nitrogens with zero attached hydrogens (tertiary/aromatic N) is 3. The highest BCUT2D eigenvalue weighted by atomic mass is 32.2. The SMILES string of the molecule is CCCNC(C)(CO)CCSc1nnc2ccccn12. The van der Waals surface area contributed by atoms with Crippen molar-refractivity contribution in [2.24, 2.45) is 0 Å². The zero-order valence-electron chi connectivity index (χ0n) is 12.0. The standard InChI is InChI=1S/C14H22N4OS/c1-3-8-15-14(2,11-19)7-10-20-13-17-16-12-6-4-5-9-18(12)13/h4-6,9,15,19H,3,7-8,10-11H2,1-2H3. The molecular weight excluding hydrogens is 272 g/mol. The van der Waals surface area contributed by atoms with Gasteiger partial charge in [-0.25, -0.2) is 0 Å². The molecule has 2 aromatic rings. The molecule has 0 bridgehead atoms. The molecule has 0 amide bonds. The van der Waals surface area contributed by atoms with Gasteiger partial charge in [0.25, 0.3) is 0 Å². The van der Waals surface area contributed by atoms with Crippen LogP contribution in [0.2, 0.25) is 0 Å². The van der Waals surface area contributed by atoms with Crippen molar-refractivity contribution < 1.29 is 5.11 Å². The predicted octanol–water partition coefficient (Wildman–Crippen LogP) is 1.96. The Labute approximate surface area is 123 Å². The molecule has 0 saturated carbocycles. The lowest BCUT2D eigenvalue weighted by Gasteiger charge is -2.28. The summed E-state index contributed by atoms with van der Waals surface area (Å²) in [4.78, 5) is 0. The molecule has 6 heteroatoms. The highest BCUT2D eigenvalue weighted by molar-refractivity contribution is 7.99. The quantitative estimate of drug-likeness (QED) is 0.729. The number of fused-ring (bicyclic) bond motifs is 1. The van der Waals surface area contributed by atoms with Crippen LogP contribution in [-0.2, 0) is 0 Å². The molecule has 0 aliphatic carbocycles. The third-order valence-corrected chi connectivity index (χ3v) is 4.26. The molecule has 1 atom stereocenters. The Kier molecular flexibility index (Phi) is 5.39. The van der Waals surface area contributed by atoms with Crippen LogP contribution in [0.25, 0.3) is 5.65 Å². The van der Waals surface area contributed by atoms with Crippen LogP contribution in [-0.4, -0.2) is 44.1 Å². The number of hydrogen-bond acceptors (Lipinski definition) is 5. The van der Waals surface area contributed by atoms with E-state index in [0.717, 1.165) is 35.9 Å². The summed E-state index contributed by atoms with van der Waals surface area (Å²) >= 11 is 1.67. The van der Waals surface area contributed by atoms with E-state index in [-0.39, 0.29) is 12.1 Å². The molecule has 0 fully saturated rings. The topological polar surface area (TPSA) is 62.5 Å². The van der Waals surface area contributed by atoms with Gasteiger partial charge in [-0.2, -0.15) is 0 Å². The maximum Gasteiger partial charge on any atom is 0.195 e. The van der Waals surface area contributed by atoms with E-state index < -0.39 is 0 Å². The van der Waals surface area contributed by atoms with Crippen LogP contribution in [0.15, 0.2) is 29.6 Å². The molecule has 1 unspecified atom stereocenters. The van der Waals surface area contributed by atoms with E-state index in [0.29, 0.717) is 0 Å². The van der Waals surface area contributed by atoms with Gasteiger partial charge in [-0.1, -0.05) is 24.8 Å². The Hall–Kier alpha value is -1.11. The fourth-order valence-electron chi connectivity index (χ4n) is 1.94. The molecule has 5 nitrogen and oxygen atoms in total. The molecule has 110 valence electrons. The number of rotatable bonds is 8. The summed E-state index contributed by atoms with van der Waals surface area (Å²) in [5, 5.41) is 22.2. The van der Waals surface area contributed by atoms with E-state index in [4.69, 9.17) is 0 Å². The summed E-state index contributed by atoms with van der Waals surface area (Å²) in [6, 6.07) is 5.87. The van der Waals surface area contributed by atoms with Crippen molar-refractivity contribution in [2.45, 2.75) is 37.4 Å². The minimum Gasteiger partial charge on any atom is -0.394 e. The number of thioether (sulfide) groups is 1. The van der Waals surface area contributed by atoms with Crippen LogP contribution in [0.3, 0.4) is 0 Å². The van der Waals surface area contributed by atoms with Gasteiger partial charge in [-0.15, -0.1) is 10.2 Å². The van der Waals surface area contributed by atoms with Gasteiger partial charge in [0.05, 0.1) is 6.61 Å². The van der Waals surface area contributed by atoms with Crippen molar-refractivity contribution in [3.63, 3.8) is 0 Å². The van der Waals surface area contributed by atoms with E-state index in [1.807, 2.05) is 28.8 Å². The van der Waals surface area contributed by atoms with E-state index in [1.165, 1.54) is 0 Å². The molecule has 2 heterocycles. The molecule has 0 saturated heterocycles. The third-order valence-electron chi connectivity index (χ3n) is 3.32. The van der Waals surface area contributed by atoms with Crippen molar-refractivity contribution in [3.8, 4) is 0 Å². The van der Waals surface area contributed by atoms with E-state index >= 15 is 0 Å². The lowest BCUT2D eigenvalue weighted by atomic mass is 10.0. The normalized spacial score (nSPS) is 14.6. The van der Waals surface area contributed by atoms with Crippen LogP contribution in [0.5, 0.6) is 0 Å². The van der Waals surface area contributed by atoms with Gasteiger partial charge in [-0.05, 0) is 38.4 Å². The van der Waals surface area contributed by atoms with Crippen molar-refractivity contribution in [2.75, 3.05) is 18.9 Å². The Balaban J connectivity index is 1.92. The number of aliphatic hydroxyl groups excluding tert-OH is 1. The van der Waals surface area contributed by atoms with Gasteiger partial charge in [0.2, 0.25) is 0 Å². The molecule has 0 aliphatic rings. The van der Waals surface area contributed by atoms with Gasteiger partial charge in [0.1, 0.15) is 0 Å². The maximum absolute atomic E-state index is 9.54. The number of aliphatic hydroxyl groups is 1. The lowest BCUT2D eigenvalue weighted by molar-refractivity contribution is 0.171. The van der Waals surface area contributed by atoms with Crippen LogP contribution >= 0.6 is 11.8 Å². The minimum absolute atomic E-state index is 0.147. The first kappa shape index (κ1) is 15.3. The summed E-state index contributed by atoms with van der Waals surface area (Å²) < 4.78 is 1.99. The first-order valence-electron chi connectivity index (χ1n) is 6.97. The van der Waals surface area contributed by atoms with E-state index in [1.54, 1.807) is 11.8 Å². The molecule has 2 aromatic heterocycles. The van der Waals surface area contributed by atoms with Crippen LogP contribution in [0.1, 0.15) is 26.7 Å². The first-order chi connectivity index (χ1) is 9.68. The molecular formula is C14H22N4OS. The Morgan fingerprint density at radius 1 is 1.40 bits per heavy atom. The molecule has 0 spiro atoms. The van der Waals surface area contributed by atoms with Crippen LogP contribution < -0.4 is 5.32 Å². The van der Waals surface area contributed by atoms with Crippen LogP contribution in [0, 0.1) is 0 Å². The lowest BCUT2D eigenvalue weighted by Crippen LogP contribution is -2.46. The summed E-state index contributed by atoms with van der Waals surface area (Å²) in [6.07, 6.45) is 3.92. The van der Waals surface area contributed by atoms with Crippen molar-refractivity contribution >= 4 is 17.4 Å². The second kappa shape index (κ2) is 7.06. The Bertz CT molecular complexity index is 545. The first-order valence-corrected chi connectivity index (χ1v) is 7.95. The second-order valence-electron chi connectivity index (χ2n) is 5.16. The molecule has 20 heavy (non-hydrogen) atoms. The Morgan fingerprint density at radius 3 is 3.00 bits per heavy atom. The molecule has 2 N–H and O–H groups in total. The van der Waals surface area contributed by atoms with Gasteiger partial charge in [0.15, 0.2) is 10.8 Å². The number of nitrogens with one attached hydrogen (secondary N) is 1. The van der Waals surface area contributed by atoms with Crippen LogP contribution in [0.4, 0.5) is 0 Å². The smallest absolute Gasteiger partial charge is 0.195 e. The average Bonchev–Trinajstić information content (AvgIpc) is 2.89. The molecule has 2 rings (SSSR count). The summed E-state index contributed by atoms with van der Waals surface area (Å²) in [6.45, 7) is 5.26. The summed E-state index contributed by atoms with van der Waals surface area (Å²) in [5.41, 5.74) is 0.646. The van der Waals surface area contributed by atoms with Gasteiger partial charge in [0, 0.05) is 17.5 Å². The van der Waals surface area contributed by atoms with E-state index in [2.05, 4.69) is 29.4 Å². The zero-order chi connectivity index (χ0) is 14.4. The summed E-state index contributed by atoms with van der Waals surface area (Å²) in [7, 11) is 0. The number of pyridine rings is 1. The fraction of sp³-hybridized carbons (Fsp3) is 0.571. The largest absolute Gasteiger partial charge is 0.394 e. The fourth-order valence-corrected chi connectivity index (χ4v) is 3.06. The molecule has 0 aliphatic heterocycles. The molecule has 0 radical (unpaired) electrons. The third kappa shape index (κ3) is 3.71. The maximum atomic E-state index is 9.54. The highest BCUT2D eigenvalue weighted by Crippen LogP contribution is 2.21. The Morgan fingerprint density at radius 2 is 2.25 bits per heavy atom. The van der Waals surface area contributed by atoms with Crippen molar-refractivity contribution in [1.29, 1.82) is 0 Å². The average molecular weight is 294 g/mol. The monoisotopic (exact) mass is 294 g/mol. The summed E-state index contributed by atoms with van der Waals surface area (Å²) in [5.74, 6) is 0.892. The minimum atomic E-state index is -0.219. The predicted molar refractivity (Wildman–Crippen MR) is 82.1 cm³/mol. The van der Waals surface area contributed by atoms with Gasteiger partial charge >= 0.3 is 0 Å². The highest BCUT2D eigenvalue weighted by Gasteiger charge is 2.22. The van der Waals surface area contributed by atoms with Gasteiger partial charge < -0.3 is 10.4 Å². The number of hydrogen-bond donors (Lipinski definition) is 2.